The van der Waals surface area contributed by atoms with Crippen LogP contribution in [0.15, 0.2) is 36.5 Å². The van der Waals surface area contributed by atoms with Crippen molar-refractivity contribution >= 4 is 44.8 Å². The summed E-state index contributed by atoms with van der Waals surface area (Å²) in [6, 6.07) is 8.95. The number of aromatic nitrogens is 2. The molecule has 2 heterocycles. The first kappa shape index (κ1) is 28.8. The number of rotatable bonds is 8. The SMILES string of the molecule is [B]C([B])(c1cc(Cl)ccc1NCc1cccnn1)N1CCN(C(=O)CNC(=O)C2CC23CCC(F)(F)CC3)CC1. The Labute approximate surface area is 240 Å². The summed E-state index contributed by atoms with van der Waals surface area (Å²) in [5.74, 6) is -3.33. The second kappa shape index (κ2) is 11.3. The molecule has 1 unspecified atom stereocenters. The molecule has 3 aliphatic rings. The Kier molecular flexibility index (Phi) is 8.12. The third-order valence-corrected chi connectivity index (χ3v) is 8.79. The van der Waals surface area contributed by atoms with Crippen LogP contribution < -0.4 is 10.6 Å². The number of hydrogen-bond donors (Lipinski definition) is 2. The van der Waals surface area contributed by atoms with Crippen LogP contribution in [0.4, 0.5) is 14.5 Å². The summed E-state index contributed by atoms with van der Waals surface area (Å²) in [4.78, 5) is 29.0. The number of alkyl halides is 2. The molecular formula is C27H31B2ClF2N6O2. The molecule has 208 valence electrons. The van der Waals surface area contributed by atoms with E-state index in [9.17, 15) is 18.4 Å². The molecule has 1 spiro atoms. The Morgan fingerprint density at radius 2 is 1.82 bits per heavy atom. The first-order valence-electron chi connectivity index (χ1n) is 13.6. The lowest BCUT2D eigenvalue weighted by atomic mass is 9.56. The molecule has 2 N–H and O–H groups in total. The summed E-state index contributed by atoms with van der Waals surface area (Å²) in [6.45, 7) is 1.90. The van der Waals surface area contributed by atoms with Gasteiger partial charge in [0.1, 0.15) is 0 Å². The first-order valence-corrected chi connectivity index (χ1v) is 13.9. The van der Waals surface area contributed by atoms with E-state index in [0.717, 1.165) is 5.69 Å². The number of nitrogens with zero attached hydrogens (tertiary/aromatic N) is 4. The van der Waals surface area contributed by atoms with Crippen LogP contribution in [-0.4, -0.2) is 86.2 Å². The predicted octanol–water partition coefficient (Wildman–Crippen LogP) is 2.67. The first-order chi connectivity index (χ1) is 19.0. The molecule has 13 heteroatoms. The predicted molar refractivity (Wildman–Crippen MR) is 149 cm³/mol. The van der Waals surface area contributed by atoms with Gasteiger partial charge in [-0.05, 0) is 65.9 Å². The van der Waals surface area contributed by atoms with Gasteiger partial charge in [0, 0.05) is 61.8 Å². The molecular weight excluding hydrogens is 535 g/mol. The minimum atomic E-state index is -2.63. The number of benzene rings is 1. The number of hydrogen-bond acceptors (Lipinski definition) is 6. The number of halogens is 3. The van der Waals surface area contributed by atoms with Crippen molar-refractivity contribution < 1.29 is 18.4 Å². The van der Waals surface area contributed by atoms with Crippen LogP contribution >= 0.6 is 11.6 Å². The highest BCUT2D eigenvalue weighted by Gasteiger charge is 2.60. The molecule has 40 heavy (non-hydrogen) atoms. The largest absolute Gasteiger partial charge is 0.379 e. The van der Waals surface area contributed by atoms with Crippen molar-refractivity contribution in [1.82, 2.24) is 25.3 Å². The molecule has 1 aromatic heterocycles. The lowest BCUT2D eigenvalue weighted by Crippen LogP contribution is -2.58. The smallest absolute Gasteiger partial charge is 0.248 e. The second-order valence-electron chi connectivity index (χ2n) is 11.1. The second-order valence-corrected chi connectivity index (χ2v) is 11.6. The molecule has 0 bridgehead atoms. The molecule has 2 saturated carbocycles. The van der Waals surface area contributed by atoms with Gasteiger partial charge in [0.2, 0.25) is 17.7 Å². The molecule has 1 aliphatic heterocycles. The van der Waals surface area contributed by atoms with Crippen LogP contribution in [0.25, 0.3) is 0 Å². The number of piperazine rings is 1. The lowest BCUT2D eigenvalue weighted by molar-refractivity contribution is -0.135. The van der Waals surface area contributed by atoms with Gasteiger partial charge in [-0.15, -0.1) is 0 Å². The molecule has 2 amide bonds. The maximum Gasteiger partial charge on any atom is 0.248 e. The third kappa shape index (κ3) is 6.28. The highest BCUT2D eigenvalue weighted by molar-refractivity contribution is 6.40. The Morgan fingerprint density at radius 3 is 2.50 bits per heavy atom. The van der Waals surface area contributed by atoms with Crippen molar-refractivity contribution in [3.05, 3.63) is 52.8 Å². The van der Waals surface area contributed by atoms with Crippen LogP contribution in [0.5, 0.6) is 0 Å². The van der Waals surface area contributed by atoms with Gasteiger partial charge in [-0.1, -0.05) is 11.6 Å². The van der Waals surface area contributed by atoms with Gasteiger partial charge in [0.25, 0.3) is 0 Å². The van der Waals surface area contributed by atoms with Gasteiger partial charge in [-0.25, -0.2) is 8.78 Å². The van der Waals surface area contributed by atoms with E-state index >= 15 is 0 Å². The summed E-state index contributed by atoms with van der Waals surface area (Å²) >= 11 is 6.29. The van der Waals surface area contributed by atoms with Crippen LogP contribution in [-0.2, 0) is 21.5 Å². The van der Waals surface area contributed by atoms with E-state index in [1.54, 1.807) is 29.3 Å². The van der Waals surface area contributed by atoms with Gasteiger partial charge in [0.05, 0.1) is 34.5 Å². The summed E-state index contributed by atoms with van der Waals surface area (Å²) in [5, 5.41) is 13.1. The van der Waals surface area contributed by atoms with E-state index in [4.69, 9.17) is 27.3 Å². The van der Waals surface area contributed by atoms with Crippen molar-refractivity contribution in [3.8, 4) is 0 Å². The molecule has 1 saturated heterocycles. The molecule has 4 radical (unpaired) electrons. The Bertz CT molecular complexity index is 1240. The number of amides is 2. The van der Waals surface area contributed by atoms with Crippen molar-refractivity contribution in [2.45, 2.75) is 49.9 Å². The molecule has 1 atom stereocenters. The van der Waals surface area contributed by atoms with E-state index in [2.05, 4.69) is 20.8 Å². The zero-order valence-electron chi connectivity index (χ0n) is 22.2. The van der Waals surface area contributed by atoms with E-state index in [1.807, 2.05) is 17.0 Å². The molecule has 1 aromatic carbocycles. The Hall–Kier alpha value is -2.72. The van der Waals surface area contributed by atoms with Gasteiger partial charge in [-0.2, -0.15) is 10.2 Å². The Balaban J connectivity index is 1.13. The maximum atomic E-state index is 13.5. The molecule has 3 fully saturated rings. The minimum absolute atomic E-state index is 0.122. The summed E-state index contributed by atoms with van der Waals surface area (Å²) < 4.78 is 27.0. The fourth-order valence-corrected chi connectivity index (χ4v) is 6.07. The highest BCUT2D eigenvalue weighted by Crippen LogP contribution is 2.63. The van der Waals surface area contributed by atoms with Crippen LogP contribution in [0.1, 0.15) is 43.4 Å². The topological polar surface area (TPSA) is 90.5 Å². The van der Waals surface area contributed by atoms with E-state index in [-0.39, 0.29) is 42.5 Å². The fraction of sp³-hybridized carbons (Fsp3) is 0.556. The number of carbonyl (C=O) groups excluding carboxylic acids is 2. The van der Waals surface area contributed by atoms with E-state index in [1.165, 1.54) is 0 Å². The Morgan fingerprint density at radius 1 is 1.10 bits per heavy atom. The maximum absolute atomic E-state index is 13.5. The monoisotopic (exact) mass is 566 g/mol. The van der Waals surface area contributed by atoms with E-state index < -0.39 is 11.3 Å². The van der Waals surface area contributed by atoms with Crippen LogP contribution in [0.2, 0.25) is 5.02 Å². The van der Waals surface area contributed by atoms with Crippen molar-refractivity contribution in [3.63, 3.8) is 0 Å². The van der Waals surface area contributed by atoms with Crippen molar-refractivity contribution in [2.75, 3.05) is 38.0 Å². The fourth-order valence-electron chi connectivity index (χ4n) is 5.89. The number of carbonyl (C=O) groups is 2. The van der Waals surface area contributed by atoms with E-state index in [0.29, 0.717) is 68.3 Å². The lowest BCUT2D eigenvalue weighted by Gasteiger charge is -2.46. The average Bonchev–Trinajstić information content (AvgIpc) is 3.67. The van der Waals surface area contributed by atoms with Gasteiger partial charge in [-0.3, -0.25) is 9.59 Å². The zero-order valence-corrected chi connectivity index (χ0v) is 23.0. The summed E-state index contributed by atoms with van der Waals surface area (Å²) in [7, 11) is 13.3. The quantitative estimate of drug-likeness (QED) is 0.478. The van der Waals surface area contributed by atoms with Crippen molar-refractivity contribution in [2.24, 2.45) is 11.3 Å². The number of anilines is 1. The van der Waals surface area contributed by atoms with Gasteiger partial charge < -0.3 is 20.4 Å². The van der Waals surface area contributed by atoms with Gasteiger partial charge >= 0.3 is 0 Å². The van der Waals surface area contributed by atoms with Crippen LogP contribution in [0, 0.1) is 11.3 Å². The number of nitrogens with one attached hydrogen (secondary N) is 2. The molecule has 2 aromatic rings. The average molecular weight is 567 g/mol. The minimum Gasteiger partial charge on any atom is -0.379 e. The standard InChI is InChI=1S/C27H31B2ClF2N6O2/c28-27(29,20-14-18(30)3-4-22(20)33-16-19-2-1-9-35-36-19)38-12-10-37(11-13-38)23(39)17-34-24(40)21-15-25(21)5-7-26(31,32)8-6-25/h1-4,9,14,21,33H,5-8,10-13,15-17H2,(H,34,40). The third-order valence-electron chi connectivity index (χ3n) is 8.55. The van der Waals surface area contributed by atoms with Gasteiger partial charge in [0.15, 0.2) is 0 Å². The highest BCUT2D eigenvalue weighted by atomic mass is 35.5. The molecule has 5 rings (SSSR count). The van der Waals surface area contributed by atoms with Crippen LogP contribution in [0.3, 0.4) is 0 Å². The summed E-state index contributed by atoms with van der Waals surface area (Å²) in [5.41, 5.74) is 1.75. The van der Waals surface area contributed by atoms with Crippen molar-refractivity contribution in [1.29, 1.82) is 0 Å². The normalized spacial score (nSPS) is 22.1. The molecule has 2 aliphatic carbocycles. The zero-order chi connectivity index (χ0) is 28.5. The molecule has 8 nitrogen and oxygen atoms in total. The summed E-state index contributed by atoms with van der Waals surface area (Å²) in [6.07, 6.45) is 2.61.